The van der Waals surface area contributed by atoms with Crippen LogP contribution in [-0.2, 0) is 22.3 Å². The molecule has 1 fully saturated rings. The van der Waals surface area contributed by atoms with Gasteiger partial charge in [0, 0.05) is 33.1 Å². The van der Waals surface area contributed by atoms with Crippen LogP contribution in [0.15, 0.2) is 24.3 Å². The van der Waals surface area contributed by atoms with Crippen molar-refractivity contribution in [2.75, 3.05) is 26.7 Å². The van der Waals surface area contributed by atoms with Gasteiger partial charge in [-0.05, 0) is 24.1 Å². The molecule has 0 aliphatic carbocycles. The maximum Gasteiger partial charge on any atom is 0.416 e. The Morgan fingerprint density at radius 1 is 1.40 bits per heavy atom. The SMILES string of the molecule is CN(CCO)C(=O)[C@@H]1CCC(=O)N(Cc2cccc(C(F)(F)F)c2)C1. The maximum atomic E-state index is 12.8. The number of carbonyl (C=O) groups is 2. The number of aliphatic hydroxyl groups is 1. The average molecular weight is 358 g/mol. The molecule has 0 unspecified atom stereocenters. The van der Waals surface area contributed by atoms with Crippen molar-refractivity contribution in [1.82, 2.24) is 9.80 Å². The highest BCUT2D eigenvalue weighted by Crippen LogP contribution is 2.30. The van der Waals surface area contributed by atoms with Crippen LogP contribution in [0.5, 0.6) is 0 Å². The minimum atomic E-state index is -4.44. The van der Waals surface area contributed by atoms with Gasteiger partial charge in [-0.2, -0.15) is 13.2 Å². The fraction of sp³-hybridized carbons (Fsp3) is 0.529. The van der Waals surface area contributed by atoms with Gasteiger partial charge in [0.15, 0.2) is 0 Å². The molecule has 8 heteroatoms. The standard InChI is InChI=1S/C17H21F3N2O3/c1-21(7-8-23)16(25)13-5-6-15(24)22(11-13)10-12-3-2-4-14(9-12)17(18,19)20/h2-4,9,13,23H,5-8,10-11H2,1H3/t13-/m1/s1. The van der Waals surface area contributed by atoms with E-state index in [4.69, 9.17) is 5.11 Å². The first-order valence-electron chi connectivity index (χ1n) is 8.02. The molecule has 0 spiro atoms. The fourth-order valence-corrected chi connectivity index (χ4v) is 2.91. The van der Waals surface area contributed by atoms with Crippen molar-refractivity contribution in [2.45, 2.75) is 25.6 Å². The molecule has 0 saturated carbocycles. The van der Waals surface area contributed by atoms with Gasteiger partial charge >= 0.3 is 6.18 Å². The Balaban J connectivity index is 2.08. The molecule has 2 amide bonds. The Kier molecular flexibility index (Phi) is 6.05. The summed E-state index contributed by atoms with van der Waals surface area (Å²) in [4.78, 5) is 27.2. The lowest BCUT2D eigenvalue weighted by molar-refractivity contribution is -0.143. The van der Waals surface area contributed by atoms with E-state index in [0.717, 1.165) is 12.1 Å². The third-order valence-corrected chi connectivity index (χ3v) is 4.29. The van der Waals surface area contributed by atoms with E-state index < -0.39 is 17.7 Å². The number of benzene rings is 1. The van der Waals surface area contributed by atoms with Crippen molar-refractivity contribution in [1.29, 1.82) is 0 Å². The Bertz CT molecular complexity index is 634. The van der Waals surface area contributed by atoms with E-state index >= 15 is 0 Å². The van der Waals surface area contributed by atoms with Crippen molar-refractivity contribution in [3.8, 4) is 0 Å². The molecular formula is C17H21F3N2O3. The number of likely N-dealkylation sites (N-methyl/N-ethyl adjacent to an activating group) is 1. The summed E-state index contributed by atoms with van der Waals surface area (Å²) in [5.74, 6) is -0.748. The number of aliphatic hydroxyl groups excluding tert-OH is 1. The minimum absolute atomic E-state index is 0.0379. The van der Waals surface area contributed by atoms with Crippen LogP contribution in [0.25, 0.3) is 0 Å². The van der Waals surface area contributed by atoms with Crippen molar-refractivity contribution in [2.24, 2.45) is 5.92 Å². The first-order chi connectivity index (χ1) is 11.7. The summed E-state index contributed by atoms with van der Waals surface area (Å²) in [5.41, 5.74) is -0.384. The third kappa shape index (κ3) is 4.94. The quantitative estimate of drug-likeness (QED) is 0.875. The number of hydrogen-bond donors (Lipinski definition) is 1. The molecule has 0 bridgehead atoms. The fourth-order valence-electron chi connectivity index (χ4n) is 2.91. The number of halogens is 3. The Labute approximate surface area is 144 Å². The number of carbonyl (C=O) groups excluding carboxylic acids is 2. The summed E-state index contributed by atoms with van der Waals surface area (Å²) < 4.78 is 38.4. The summed E-state index contributed by atoms with van der Waals surface area (Å²) in [7, 11) is 1.58. The minimum Gasteiger partial charge on any atom is -0.395 e. The van der Waals surface area contributed by atoms with E-state index in [2.05, 4.69) is 0 Å². The molecule has 1 saturated heterocycles. The molecule has 1 atom stereocenters. The van der Waals surface area contributed by atoms with E-state index in [9.17, 15) is 22.8 Å². The molecule has 2 rings (SSSR count). The highest BCUT2D eigenvalue weighted by atomic mass is 19.4. The zero-order valence-corrected chi connectivity index (χ0v) is 13.9. The van der Waals surface area contributed by atoms with Crippen molar-refractivity contribution < 1.29 is 27.9 Å². The second-order valence-electron chi connectivity index (χ2n) is 6.19. The lowest BCUT2D eigenvalue weighted by atomic mass is 9.95. The van der Waals surface area contributed by atoms with Gasteiger partial charge in [-0.1, -0.05) is 12.1 Å². The normalized spacial score (nSPS) is 18.4. The number of likely N-dealkylation sites (tertiary alicyclic amines) is 1. The van der Waals surface area contributed by atoms with Crippen molar-refractivity contribution in [3.05, 3.63) is 35.4 Å². The second kappa shape index (κ2) is 7.86. The second-order valence-corrected chi connectivity index (χ2v) is 6.19. The smallest absolute Gasteiger partial charge is 0.395 e. The first-order valence-corrected chi connectivity index (χ1v) is 8.02. The lowest BCUT2D eigenvalue weighted by Crippen LogP contribution is -2.46. The molecule has 0 radical (unpaired) electrons. The number of nitrogens with zero attached hydrogens (tertiary/aromatic N) is 2. The van der Waals surface area contributed by atoms with Crippen LogP contribution in [0, 0.1) is 5.92 Å². The molecule has 138 valence electrons. The van der Waals surface area contributed by atoms with E-state index in [1.165, 1.54) is 21.9 Å². The summed E-state index contributed by atoms with van der Waals surface area (Å²) in [5, 5.41) is 8.91. The molecule has 0 aromatic heterocycles. The predicted octanol–water partition coefficient (Wildman–Crippen LogP) is 1.89. The maximum absolute atomic E-state index is 12.8. The molecule has 1 aromatic rings. The predicted molar refractivity (Wildman–Crippen MR) is 84.3 cm³/mol. The van der Waals surface area contributed by atoms with Gasteiger partial charge in [-0.3, -0.25) is 9.59 Å². The largest absolute Gasteiger partial charge is 0.416 e. The zero-order valence-electron chi connectivity index (χ0n) is 13.9. The van der Waals surface area contributed by atoms with Gasteiger partial charge in [0.05, 0.1) is 18.1 Å². The van der Waals surface area contributed by atoms with Gasteiger partial charge < -0.3 is 14.9 Å². The highest BCUT2D eigenvalue weighted by Gasteiger charge is 2.33. The van der Waals surface area contributed by atoms with Gasteiger partial charge in [0.1, 0.15) is 0 Å². The zero-order chi connectivity index (χ0) is 18.6. The van der Waals surface area contributed by atoms with Crippen molar-refractivity contribution in [3.63, 3.8) is 0 Å². The van der Waals surface area contributed by atoms with Crippen LogP contribution in [0.2, 0.25) is 0 Å². The van der Waals surface area contributed by atoms with Crippen LogP contribution in [-0.4, -0.2) is 53.5 Å². The molecule has 1 heterocycles. The number of rotatable bonds is 5. The highest BCUT2D eigenvalue weighted by molar-refractivity contribution is 5.83. The Morgan fingerprint density at radius 2 is 2.12 bits per heavy atom. The molecule has 1 N–H and O–H groups in total. The van der Waals surface area contributed by atoms with Gasteiger partial charge in [-0.25, -0.2) is 0 Å². The molecule has 25 heavy (non-hydrogen) atoms. The molecule has 1 aliphatic heterocycles. The summed E-state index contributed by atoms with van der Waals surface area (Å²) in [6.45, 7) is 0.263. The van der Waals surface area contributed by atoms with Crippen LogP contribution in [0.4, 0.5) is 13.2 Å². The number of piperidine rings is 1. The molecule has 1 aromatic carbocycles. The first kappa shape index (κ1) is 19.2. The van der Waals surface area contributed by atoms with E-state index in [1.807, 2.05) is 0 Å². The number of hydrogen-bond acceptors (Lipinski definition) is 3. The monoisotopic (exact) mass is 358 g/mol. The van der Waals surface area contributed by atoms with Crippen LogP contribution in [0.1, 0.15) is 24.0 Å². The van der Waals surface area contributed by atoms with E-state index in [-0.39, 0.29) is 44.5 Å². The van der Waals surface area contributed by atoms with Gasteiger partial charge in [-0.15, -0.1) is 0 Å². The van der Waals surface area contributed by atoms with Crippen molar-refractivity contribution >= 4 is 11.8 Å². The average Bonchev–Trinajstić information content (AvgIpc) is 2.56. The molecule has 1 aliphatic rings. The van der Waals surface area contributed by atoms with Gasteiger partial charge in [0.25, 0.3) is 0 Å². The third-order valence-electron chi connectivity index (χ3n) is 4.29. The van der Waals surface area contributed by atoms with E-state index in [0.29, 0.717) is 12.0 Å². The molecule has 5 nitrogen and oxygen atoms in total. The summed E-state index contributed by atoms with van der Waals surface area (Å²) >= 11 is 0. The summed E-state index contributed by atoms with van der Waals surface area (Å²) in [6, 6.07) is 4.85. The lowest BCUT2D eigenvalue weighted by Gasteiger charge is -2.34. The Hall–Kier alpha value is -2.09. The van der Waals surface area contributed by atoms with Crippen LogP contribution < -0.4 is 0 Å². The number of amides is 2. The van der Waals surface area contributed by atoms with E-state index in [1.54, 1.807) is 7.05 Å². The van der Waals surface area contributed by atoms with Crippen LogP contribution >= 0.6 is 0 Å². The number of alkyl halides is 3. The molecular weight excluding hydrogens is 337 g/mol. The van der Waals surface area contributed by atoms with Gasteiger partial charge in [0.2, 0.25) is 11.8 Å². The topological polar surface area (TPSA) is 60.9 Å². The summed E-state index contributed by atoms with van der Waals surface area (Å²) in [6.07, 6.45) is -3.84. The Morgan fingerprint density at radius 3 is 2.76 bits per heavy atom. The van der Waals surface area contributed by atoms with Crippen LogP contribution in [0.3, 0.4) is 0 Å².